The lowest BCUT2D eigenvalue weighted by atomic mass is 10.0. The first kappa shape index (κ1) is 13.8. The molecule has 6 nitrogen and oxygen atoms in total. The van der Waals surface area contributed by atoms with E-state index in [0.717, 1.165) is 0 Å². The summed E-state index contributed by atoms with van der Waals surface area (Å²) in [5, 5.41) is 1.49. The zero-order valence-electron chi connectivity index (χ0n) is 12.6. The average molecular weight is 311 g/mol. The number of halogens is 1. The fourth-order valence-corrected chi connectivity index (χ4v) is 2.81. The largest absolute Gasteiger partial charge is 0.339 e. The van der Waals surface area contributed by atoms with Crippen molar-refractivity contribution in [2.24, 2.45) is 5.73 Å². The third-order valence-electron chi connectivity index (χ3n) is 3.91. The lowest BCUT2D eigenvalue weighted by molar-refractivity contribution is 0.522. The molecule has 4 N–H and O–H groups in total. The summed E-state index contributed by atoms with van der Waals surface area (Å²) in [6.07, 6.45) is 1.32. The fraction of sp³-hybridized carbons (Fsp3) is 0.188. The molecule has 0 fully saturated rings. The second-order valence-electron chi connectivity index (χ2n) is 6.18. The van der Waals surface area contributed by atoms with Crippen LogP contribution in [-0.2, 0) is 5.54 Å². The van der Waals surface area contributed by atoms with Gasteiger partial charge in [-0.3, -0.25) is 4.79 Å². The van der Waals surface area contributed by atoms with E-state index >= 15 is 0 Å². The third-order valence-corrected chi connectivity index (χ3v) is 3.91. The van der Waals surface area contributed by atoms with Gasteiger partial charge >= 0.3 is 0 Å². The fourth-order valence-electron chi connectivity index (χ4n) is 2.81. The van der Waals surface area contributed by atoms with Crippen molar-refractivity contribution in [3.8, 4) is 0 Å². The summed E-state index contributed by atoms with van der Waals surface area (Å²) >= 11 is 0. The van der Waals surface area contributed by atoms with E-state index in [0.29, 0.717) is 38.5 Å². The van der Waals surface area contributed by atoms with Crippen LogP contribution in [0, 0.1) is 5.82 Å². The van der Waals surface area contributed by atoms with Crippen LogP contribution in [0.3, 0.4) is 0 Å². The summed E-state index contributed by atoms with van der Waals surface area (Å²) < 4.78 is 13.7. The maximum absolute atomic E-state index is 13.7. The Morgan fingerprint density at radius 3 is 2.74 bits per heavy atom. The van der Waals surface area contributed by atoms with Crippen LogP contribution >= 0.6 is 0 Å². The summed E-state index contributed by atoms with van der Waals surface area (Å²) in [6.45, 7) is 3.66. The van der Waals surface area contributed by atoms with Crippen LogP contribution in [-0.4, -0.2) is 19.9 Å². The Hall–Kier alpha value is -2.80. The average Bonchev–Trinajstić information content (AvgIpc) is 2.92. The summed E-state index contributed by atoms with van der Waals surface area (Å²) in [5.41, 5.74) is 6.81. The number of nitrogens with two attached hydrogens (primary N) is 1. The molecule has 2 aromatic carbocycles. The molecule has 2 aromatic heterocycles. The zero-order valence-corrected chi connectivity index (χ0v) is 12.6. The molecule has 0 amide bonds. The van der Waals surface area contributed by atoms with Gasteiger partial charge in [-0.05, 0) is 32.0 Å². The summed E-state index contributed by atoms with van der Waals surface area (Å²) in [5.74, 6) is 0.157. The van der Waals surface area contributed by atoms with E-state index < -0.39 is 11.4 Å². The molecule has 0 saturated heterocycles. The Bertz CT molecular complexity index is 1140. The minimum atomic E-state index is -0.682. The first-order valence-corrected chi connectivity index (χ1v) is 7.14. The van der Waals surface area contributed by atoms with E-state index in [4.69, 9.17) is 5.73 Å². The van der Waals surface area contributed by atoms with Crippen LogP contribution < -0.4 is 11.3 Å². The van der Waals surface area contributed by atoms with Gasteiger partial charge in [-0.25, -0.2) is 14.4 Å². The van der Waals surface area contributed by atoms with Gasteiger partial charge in [0.05, 0.1) is 28.3 Å². The molecule has 23 heavy (non-hydrogen) atoms. The topological polar surface area (TPSA) is 100 Å². The number of hydrogen-bond acceptors (Lipinski definition) is 4. The maximum atomic E-state index is 13.7. The van der Waals surface area contributed by atoms with Crippen molar-refractivity contribution in [3.05, 3.63) is 46.5 Å². The standard InChI is InChI=1S/C16H14FN5O/c1-16(2,18)15-21-11-8-4-3-7(17)5-9(8)10-12(13(11)22-15)19-6-20-14(10)23/h3-6H,18H2,1-2H3,(H,21,22)(H,19,20,23). The Kier molecular flexibility index (Phi) is 2.62. The summed E-state index contributed by atoms with van der Waals surface area (Å²) in [6, 6.07) is 4.29. The Morgan fingerprint density at radius 1 is 1.22 bits per heavy atom. The number of imidazole rings is 1. The highest BCUT2D eigenvalue weighted by atomic mass is 19.1. The Morgan fingerprint density at radius 2 is 2.00 bits per heavy atom. The van der Waals surface area contributed by atoms with Gasteiger partial charge in [-0.1, -0.05) is 0 Å². The molecule has 2 heterocycles. The Labute approximate surface area is 129 Å². The monoisotopic (exact) mass is 311 g/mol. The molecule has 0 saturated carbocycles. The van der Waals surface area contributed by atoms with Crippen LogP contribution in [0.25, 0.3) is 32.7 Å². The van der Waals surface area contributed by atoms with Gasteiger partial charge in [-0.15, -0.1) is 0 Å². The number of aromatic amines is 2. The molecule has 7 heteroatoms. The van der Waals surface area contributed by atoms with E-state index in [1.165, 1.54) is 18.5 Å². The van der Waals surface area contributed by atoms with E-state index in [1.54, 1.807) is 6.07 Å². The number of benzene rings is 2. The molecule has 0 aliphatic heterocycles. The number of rotatable bonds is 1. The molecule has 0 spiro atoms. The van der Waals surface area contributed by atoms with Crippen molar-refractivity contribution in [2.45, 2.75) is 19.4 Å². The van der Waals surface area contributed by atoms with Gasteiger partial charge in [0, 0.05) is 10.8 Å². The molecule has 116 valence electrons. The van der Waals surface area contributed by atoms with Gasteiger partial charge in [0.15, 0.2) is 0 Å². The molecule has 0 unspecified atom stereocenters. The van der Waals surface area contributed by atoms with Gasteiger partial charge in [0.2, 0.25) is 0 Å². The molecule has 0 radical (unpaired) electrons. The molecule has 0 aliphatic rings. The predicted molar refractivity (Wildman–Crippen MR) is 86.7 cm³/mol. The number of aromatic nitrogens is 4. The van der Waals surface area contributed by atoms with E-state index in [-0.39, 0.29) is 5.56 Å². The first-order valence-electron chi connectivity index (χ1n) is 7.14. The van der Waals surface area contributed by atoms with Crippen molar-refractivity contribution in [3.63, 3.8) is 0 Å². The summed E-state index contributed by atoms with van der Waals surface area (Å²) in [7, 11) is 0. The molecular formula is C16H14FN5O. The van der Waals surface area contributed by atoms with Crippen molar-refractivity contribution in [1.29, 1.82) is 0 Å². The minimum Gasteiger partial charge on any atom is -0.339 e. The van der Waals surface area contributed by atoms with E-state index in [1.807, 2.05) is 13.8 Å². The number of hydrogen-bond donors (Lipinski definition) is 3. The first-order chi connectivity index (χ1) is 10.9. The molecule has 0 bridgehead atoms. The predicted octanol–water partition coefficient (Wildman–Crippen LogP) is 2.29. The quantitative estimate of drug-likeness (QED) is 0.469. The minimum absolute atomic E-state index is 0.323. The van der Waals surface area contributed by atoms with E-state index in [9.17, 15) is 9.18 Å². The SMILES string of the molecule is CC(C)(N)c1nc2c3ccc(F)cc3c3c(=O)[nH]cnc3c2[nH]1. The number of fused-ring (bicyclic) bond motifs is 6. The van der Waals surface area contributed by atoms with Gasteiger partial charge in [0.25, 0.3) is 5.56 Å². The molecule has 4 aromatic rings. The normalized spacial score (nSPS) is 12.5. The smallest absolute Gasteiger partial charge is 0.259 e. The van der Waals surface area contributed by atoms with Crippen molar-refractivity contribution < 1.29 is 4.39 Å². The van der Waals surface area contributed by atoms with Gasteiger partial charge in [0.1, 0.15) is 17.2 Å². The zero-order chi connectivity index (χ0) is 16.4. The lowest BCUT2D eigenvalue weighted by Crippen LogP contribution is -2.30. The number of nitrogens with one attached hydrogen (secondary N) is 2. The lowest BCUT2D eigenvalue weighted by Gasteiger charge is -2.14. The highest BCUT2D eigenvalue weighted by molar-refractivity contribution is 6.21. The van der Waals surface area contributed by atoms with Crippen LogP contribution in [0.15, 0.2) is 29.3 Å². The van der Waals surface area contributed by atoms with Crippen LogP contribution in [0.5, 0.6) is 0 Å². The second kappa shape index (κ2) is 4.36. The van der Waals surface area contributed by atoms with Crippen molar-refractivity contribution in [2.75, 3.05) is 0 Å². The number of H-pyrrole nitrogens is 2. The van der Waals surface area contributed by atoms with Gasteiger partial charge < -0.3 is 15.7 Å². The molecular weight excluding hydrogens is 297 g/mol. The van der Waals surface area contributed by atoms with Gasteiger partial charge in [-0.2, -0.15) is 0 Å². The summed E-state index contributed by atoms with van der Waals surface area (Å²) in [4.78, 5) is 26.8. The molecule has 0 atom stereocenters. The van der Waals surface area contributed by atoms with E-state index in [2.05, 4.69) is 19.9 Å². The van der Waals surface area contributed by atoms with Crippen molar-refractivity contribution in [1.82, 2.24) is 19.9 Å². The van der Waals surface area contributed by atoms with Crippen molar-refractivity contribution >= 4 is 32.7 Å². The Balaban J connectivity index is 2.34. The third kappa shape index (κ3) is 1.93. The van der Waals surface area contributed by atoms with Crippen LogP contribution in [0.2, 0.25) is 0 Å². The molecule has 4 rings (SSSR count). The highest BCUT2D eigenvalue weighted by Crippen LogP contribution is 2.32. The molecule has 0 aliphatic carbocycles. The highest BCUT2D eigenvalue weighted by Gasteiger charge is 2.22. The van der Waals surface area contributed by atoms with Crippen LogP contribution in [0.1, 0.15) is 19.7 Å². The maximum Gasteiger partial charge on any atom is 0.259 e. The van der Waals surface area contributed by atoms with Crippen LogP contribution in [0.4, 0.5) is 4.39 Å². The number of nitrogens with zero attached hydrogens (tertiary/aromatic N) is 2. The second-order valence-corrected chi connectivity index (χ2v) is 6.18.